The fourth-order valence-electron chi connectivity index (χ4n) is 6.11. The lowest BCUT2D eigenvalue weighted by Gasteiger charge is -2.51. The van der Waals surface area contributed by atoms with Crippen molar-refractivity contribution < 1.29 is 23.9 Å². The second-order valence-electron chi connectivity index (χ2n) is 12.1. The Balaban J connectivity index is 1.45. The van der Waals surface area contributed by atoms with Crippen LogP contribution in [0, 0.1) is 0 Å². The van der Waals surface area contributed by atoms with Crippen molar-refractivity contribution in [2.45, 2.75) is 57.3 Å². The Bertz CT molecular complexity index is 1700. The van der Waals surface area contributed by atoms with Crippen LogP contribution >= 0.6 is 0 Å². The highest BCUT2D eigenvalue weighted by Gasteiger charge is 2.53. The maximum Gasteiger partial charge on any atom is 0.407 e. The Hall–Kier alpha value is -5.12. The van der Waals surface area contributed by atoms with Crippen molar-refractivity contribution >= 4 is 46.2 Å². The molecule has 2 aliphatic heterocycles. The zero-order chi connectivity index (χ0) is 31.0. The van der Waals surface area contributed by atoms with Gasteiger partial charge in [0, 0.05) is 29.3 Å². The molecule has 0 bridgehead atoms. The largest absolute Gasteiger partial charge is 0.444 e. The highest BCUT2D eigenvalue weighted by molar-refractivity contribution is 6.19. The molecule has 1 aromatic heterocycles. The van der Waals surface area contributed by atoms with Gasteiger partial charge in [-0.05, 0) is 63.1 Å². The fraction of sp³-hybridized carbons (Fsp3) is 0.294. The van der Waals surface area contributed by atoms with Crippen LogP contribution in [0.15, 0.2) is 91.1 Å². The summed E-state index contributed by atoms with van der Waals surface area (Å²) in [6.07, 6.45) is 1.40. The number of amides is 5. The summed E-state index contributed by atoms with van der Waals surface area (Å²) in [4.78, 5) is 62.6. The number of H-pyrrole nitrogens is 1. The predicted octanol–water partition coefficient (Wildman–Crippen LogP) is 5.25. The molecule has 0 unspecified atom stereocenters. The van der Waals surface area contributed by atoms with Gasteiger partial charge in [0.1, 0.15) is 11.6 Å². The van der Waals surface area contributed by atoms with Crippen molar-refractivity contribution in [3.05, 3.63) is 96.7 Å². The Labute approximate surface area is 255 Å². The average molecular weight is 594 g/mol. The Morgan fingerprint density at radius 2 is 1.57 bits per heavy atom. The monoisotopic (exact) mass is 593 g/mol. The van der Waals surface area contributed by atoms with E-state index in [4.69, 9.17) is 4.74 Å². The fourth-order valence-corrected chi connectivity index (χ4v) is 6.11. The highest BCUT2D eigenvalue weighted by atomic mass is 16.6. The highest BCUT2D eigenvalue weighted by Crippen LogP contribution is 2.34. The van der Waals surface area contributed by atoms with Gasteiger partial charge in [-0.15, -0.1) is 0 Å². The maximum atomic E-state index is 14.3. The summed E-state index contributed by atoms with van der Waals surface area (Å²) < 4.78 is 5.66. The van der Waals surface area contributed by atoms with Gasteiger partial charge in [0.2, 0.25) is 11.8 Å². The zero-order valence-electron chi connectivity index (χ0n) is 24.9. The van der Waals surface area contributed by atoms with E-state index in [9.17, 15) is 19.2 Å². The molecule has 3 aromatic carbocycles. The standard InChI is InChI=1S/C34H35N5O5/c1-34(2,3)44-32(42)36-27(18-22-20-35-26-17-11-10-16-25(22)26)29-21-37(23-12-6-4-7-13-23)31(41)28-19-30(40)38(33(43)39(28)29)24-14-8-5-9-15-24/h4-17,20,27-29,35H,18-19,21H2,1-3H3,(H,36,42)/t27-,28-,29+/m0/s1. The van der Waals surface area contributed by atoms with Crippen molar-refractivity contribution in [2.75, 3.05) is 16.3 Å². The van der Waals surface area contributed by atoms with Crippen molar-refractivity contribution in [1.82, 2.24) is 15.2 Å². The van der Waals surface area contributed by atoms with Crippen molar-refractivity contribution in [3.63, 3.8) is 0 Å². The molecule has 226 valence electrons. The third-order valence-corrected chi connectivity index (χ3v) is 8.01. The van der Waals surface area contributed by atoms with Crippen LogP contribution in [0.1, 0.15) is 32.8 Å². The zero-order valence-corrected chi connectivity index (χ0v) is 24.9. The summed E-state index contributed by atoms with van der Waals surface area (Å²) in [5.74, 6) is -0.803. The third-order valence-electron chi connectivity index (χ3n) is 8.01. The van der Waals surface area contributed by atoms with E-state index in [0.29, 0.717) is 17.8 Å². The first kappa shape index (κ1) is 29.0. The van der Waals surface area contributed by atoms with Gasteiger partial charge in [-0.25, -0.2) is 14.5 Å². The average Bonchev–Trinajstić information content (AvgIpc) is 3.40. The first-order chi connectivity index (χ1) is 21.1. The second kappa shape index (κ2) is 11.5. The van der Waals surface area contributed by atoms with Crippen LogP contribution in [0.4, 0.5) is 21.0 Å². The van der Waals surface area contributed by atoms with Crippen LogP contribution in [0.5, 0.6) is 0 Å². The maximum absolute atomic E-state index is 14.3. The van der Waals surface area contributed by atoms with Crippen LogP contribution < -0.4 is 15.1 Å². The van der Waals surface area contributed by atoms with E-state index in [-0.39, 0.29) is 18.9 Å². The van der Waals surface area contributed by atoms with Gasteiger partial charge in [0.05, 0.1) is 24.2 Å². The lowest BCUT2D eigenvalue weighted by Crippen LogP contribution is -2.73. The number of carbonyl (C=O) groups is 4. The lowest BCUT2D eigenvalue weighted by atomic mass is 9.91. The van der Waals surface area contributed by atoms with Gasteiger partial charge >= 0.3 is 12.1 Å². The van der Waals surface area contributed by atoms with Crippen LogP contribution in [0.25, 0.3) is 10.9 Å². The molecule has 10 heteroatoms. The summed E-state index contributed by atoms with van der Waals surface area (Å²) >= 11 is 0. The molecule has 0 spiro atoms. The number of ether oxygens (including phenoxy) is 1. The van der Waals surface area contributed by atoms with Crippen LogP contribution in [0.3, 0.4) is 0 Å². The summed E-state index contributed by atoms with van der Waals surface area (Å²) in [7, 11) is 0. The first-order valence-corrected chi connectivity index (χ1v) is 14.7. The van der Waals surface area contributed by atoms with Gasteiger partial charge in [0.15, 0.2) is 0 Å². The van der Waals surface area contributed by atoms with Gasteiger partial charge in [-0.1, -0.05) is 54.6 Å². The Morgan fingerprint density at radius 3 is 2.25 bits per heavy atom. The number of aromatic nitrogens is 1. The minimum atomic E-state index is -1.04. The number of aromatic amines is 1. The quantitative estimate of drug-likeness (QED) is 0.317. The van der Waals surface area contributed by atoms with E-state index < -0.39 is 41.8 Å². The number of hydrogen-bond donors (Lipinski definition) is 2. The Morgan fingerprint density at radius 1 is 0.932 bits per heavy atom. The molecule has 2 N–H and O–H groups in total. The normalized spacial score (nSPS) is 19.6. The summed E-state index contributed by atoms with van der Waals surface area (Å²) in [6, 6.07) is 22.7. The molecular weight excluding hydrogens is 558 g/mol. The molecule has 5 amide bonds. The number of piperazine rings is 1. The molecule has 3 heterocycles. The molecule has 2 fully saturated rings. The van der Waals surface area contributed by atoms with E-state index in [2.05, 4.69) is 10.3 Å². The molecular formula is C34H35N5O5. The molecule has 6 rings (SSSR count). The number of nitrogens with one attached hydrogen (secondary N) is 2. The van der Waals surface area contributed by atoms with Gasteiger partial charge < -0.3 is 24.8 Å². The summed E-state index contributed by atoms with van der Waals surface area (Å²) in [6.45, 7) is 5.45. The number of alkyl carbamates (subject to hydrolysis) is 1. The van der Waals surface area contributed by atoms with Gasteiger partial charge in [0.25, 0.3) is 0 Å². The number of anilines is 2. The molecule has 44 heavy (non-hydrogen) atoms. The molecule has 4 aromatic rings. The minimum absolute atomic E-state index is 0.102. The van der Waals surface area contributed by atoms with Gasteiger partial charge in [-0.3, -0.25) is 9.59 Å². The minimum Gasteiger partial charge on any atom is -0.444 e. The van der Waals surface area contributed by atoms with Crippen LogP contribution in [-0.4, -0.2) is 64.1 Å². The van der Waals surface area contributed by atoms with E-state index in [1.54, 1.807) is 56.0 Å². The Kier molecular flexibility index (Phi) is 7.59. The molecule has 0 radical (unpaired) electrons. The number of para-hydroxylation sites is 3. The van der Waals surface area contributed by atoms with Crippen LogP contribution in [-0.2, 0) is 20.7 Å². The van der Waals surface area contributed by atoms with Crippen LogP contribution in [0.2, 0.25) is 0 Å². The number of hydrogen-bond acceptors (Lipinski definition) is 5. The summed E-state index contributed by atoms with van der Waals surface area (Å²) in [5, 5.41) is 4.03. The van der Waals surface area contributed by atoms with E-state index in [1.165, 1.54) is 4.90 Å². The summed E-state index contributed by atoms with van der Waals surface area (Å²) in [5.41, 5.74) is 2.19. The number of imide groups is 1. The van der Waals surface area contributed by atoms with Gasteiger partial charge in [-0.2, -0.15) is 0 Å². The third kappa shape index (κ3) is 5.62. The molecule has 0 saturated carbocycles. The predicted molar refractivity (Wildman–Crippen MR) is 167 cm³/mol. The second-order valence-corrected chi connectivity index (χ2v) is 12.1. The van der Waals surface area contributed by atoms with Crippen molar-refractivity contribution in [1.29, 1.82) is 0 Å². The number of rotatable bonds is 6. The number of benzene rings is 3. The SMILES string of the molecule is CC(C)(C)OC(=O)N[C@@H](Cc1c[nH]c2ccccc12)[C@H]1CN(c2ccccc2)C(=O)[C@@H]2CC(=O)N(c3ccccc3)C(=O)N12. The van der Waals surface area contributed by atoms with E-state index >= 15 is 0 Å². The smallest absolute Gasteiger partial charge is 0.407 e. The van der Waals surface area contributed by atoms with E-state index in [1.807, 2.05) is 60.8 Å². The number of carbonyl (C=O) groups excluding carboxylic acids is 4. The molecule has 10 nitrogen and oxygen atoms in total. The first-order valence-electron chi connectivity index (χ1n) is 14.7. The lowest BCUT2D eigenvalue weighted by molar-refractivity contribution is -0.132. The topological polar surface area (TPSA) is 115 Å². The number of nitrogens with zero attached hydrogens (tertiary/aromatic N) is 3. The molecule has 2 aliphatic rings. The van der Waals surface area contributed by atoms with Crippen molar-refractivity contribution in [2.24, 2.45) is 0 Å². The number of urea groups is 1. The number of fused-ring (bicyclic) bond motifs is 2. The molecule has 2 saturated heterocycles. The van der Waals surface area contributed by atoms with E-state index in [0.717, 1.165) is 21.4 Å². The molecule has 0 aliphatic carbocycles. The molecule has 3 atom stereocenters. The van der Waals surface area contributed by atoms with Crippen molar-refractivity contribution in [3.8, 4) is 0 Å².